The molecule has 0 bridgehead atoms. The first-order valence-electron chi connectivity index (χ1n) is 14.1. The molecule has 2 aromatic carbocycles. The normalized spacial score (nSPS) is 14.9. The highest BCUT2D eigenvalue weighted by Gasteiger charge is 2.26. The molecule has 0 unspecified atom stereocenters. The van der Waals surface area contributed by atoms with Crippen molar-refractivity contribution >= 4 is 26.8 Å². The zero-order chi connectivity index (χ0) is 28.7. The van der Waals surface area contributed by atoms with Crippen molar-refractivity contribution in [3.05, 3.63) is 88.7 Å². The fraction of sp³-hybridized carbons (Fsp3) is 0.419. The minimum atomic E-state index is -3.75. The molecule has 0 radical (unpaired) electrons. The van der Waals surface area contributed by atoms with Crippen LogP contribution >= 0.6 is 0 Å². The third-order valence-electron chi connectivity index (χ3n) is 7.47. The molecule has 1 aliphatic rings. The van der Waals surface area contributed by atoms with Crippen LogP contribution < -0.4 is 10.7 Å². The van der Waals surface area contributed by atoms with Gasteiger partial charge in [-0.1, -0.05) is 49.2 Å². The summed E-state index contributed by atoms with van der Waals surface area (Å²) in [6.07, 6.45) is 6.88. The van der Waals surface area contributed by atoms with E-state index in [0.29, 0.717) is 38.2 Å². The quantitative estimate of drug-likeness (QED) is 0.349. The first-order valence-corrected chi connectivity index (χ1v) is 15.5. The predicted octanol–water partition coefficient (Wildman–Crippen LogP) is 4.39. The molecule has 1 aliphatic heterocycles. The van der Waals surface area contributed by atoms with E-state index in [1.165, 1.54) is 22.1 Å². The summed E-state index contributed by atoms with van der Waals surface area (Å²) < 4.78 is 30.1. The van der Waals surface area contributed by atoms with E-state index in [4.69, 9.17) is 0 Å². The zero-order valence-corrected chi connectivity index (χ0v) is 24.3. The summed E-state index contributed by atoms with van der Waals surface area (Å²) in [4.78, 5) is 29.1. The van der Waals surface area contributed by atoms with Gasteiger partial charge in [0, 0.05) is 56.9 Å². The molecule has 9 heteroatoms. The Hall–Kier alpha value is -3.27. The monoisotopic (exact) mass is 564 g/mol. The van der Waals surface area contributed by atoms with Crippen molar-refractivity contribution in [2.45, 2.75) is 63.6 Å². The van der Waals surface area contributed by atoms with E-state index < -0.39 is 21.4 Å². The number of sulfonamides is 1. The molecule has 1 saturated heterocycles. The average molecular weight is 565 g/mol. The largest absolute Gasteiger partial charge is 0.351 e. The number of hydrogen-bond donors (Lipinski definition) is 1. The summed E-state index contributed by atoms with van der Waals surface area (Å²) >= 11 is 0. The van der Waals surface area contributed by atoms with Gasteiger partial charge in [0.05, 0.1) is 10.4 Å². The van der Waals surface area contributed by atoms with Crippen LogP contribution in [0.2, 0.25) is 0 Å². The van der Waals surface area contributed by atoms with E-state index in [2.05, 4.69) is 42.8 Å². The molecule has 0 spiro atoms. The third kappa shape index (κ3) is 6.89. The SMILES string of the molecule is C=CCn1cc(C(=O)NCCN(Cc2ccccc2)C(C)C)c(=O)c2cc(S(=O)(=O)N3CCCCCC3)ccc21. The van der Waals surface area contributed by atoms with Gasteiger partial charge in [0.15, 0.2) is 0 Å². The van der Waals surface area contributed by atoms with Gasteiger partial charge in [0.2, 0.25) is 15.5 Å². The topological polar surface area (TPSA) is 91.7 Å². The molecule has 2 heterocycles. The van der Waals surface area contributed by atoms with Gasteiger partial charge in [0.1, 0.15) is 5.56 Å². The smallest absolute Gasteiger partial charge is 0.256 e. The Kier molecular flexibility index (Phi) is 9.95. The van der Waals surface area contributed by atoms with Gasteiger partial charge in [-0.3, -0.25) is 14.5 Å². The lowest BCUT2D eigenvalue weighted by molar-refractivity contribution is 0.0942. The minimum Gasteiger partial charge on any atom is -0.351 e. The number of amides is 1. The number of hydrogen-bond acceptors (Lipinski definition) is 5. The Morgan fingerprint density at radius 1 is 1.07 bits per heavy atom. The van der Waals surface area contributed by atoms with Crippen molar-refractivity contribution in [2.24, 2.45) is 0 Å². The van der Waals surface area contributed by atoms with Crippen molar-refractivity contribution in [3.8, 4) is 0 Å². The van der Waals surface area contributed by atoms with E-state index >= 15 is 0 Å². The van der Waals surface area contributed by atoms with Crippen LogP contribution in [-0.2, 0) is 23.1 Å². The van der Waals surface area contributed by atoms with E-state index in [-0.39, 0.29) is 21.9 Å². The predicted molar refractivity (Wildman–Crippen MR) is 160 cm³/mol. The number of fused-ring (bicyclic) bond motifs is 1. The Bertz CT molecular complexity index is 1490. The molecule has 1 aromatic heterocycles. The maximum Gasteiger partial charge on any atom is 0.256 e. The number of carbonyl (C=O) groups is 1. The van der Waals surface area contributed by atoms with Gasteiger partial charge in [-0.15, -0.1) is 6.58 Å². The van der Waals surface area contributed by atoms with E-state index in [9.17, 15) is 18.0 Å². The second-order valence-corrected chi connectivity index (χ2v) is 12.6. The van der Waals surface area contributed by atoms with Crippen LogP contribution in [0.15, 0.2) is 77.1 Å². The lowest BCUT2D eigenvalue weighted by Crippen LogP contribution is -2.39. The average Bonchev–Trinajstić information content (AvgIpc) is 3.25. The molecule has 1 amide bonds. The third-order valence-corrected chi connectivity index (χ3v) is 9.36. The van der Waals surface area contributed by atoms with Gasteiger partial charge >= 0.3 is 0 Å². The highest BCUT2D eigenvalue weighted by atomic mass is 32.2. The number of benzene rings is 2. The first kappa shape index (κ1) is 29.7. The van der Waals surface area contributed by atoms with Gasteiger partial charge in [-0.2, -0.15) is 4.31 Å². The number of nitrogens with zero attached hydrogens (tertiary/aromatic N) is 3. The molecule has 3 aromatic rings. The van der Waals surface area contributed by atoms with Crippen LogP contribution in [0.25, 0.3) is 10.9 Å². The number of pyridine rings is 1. The summed E-state index contributed by atoms with van der Waals surface area (Å²) in [5.74, 6) is -0.478. The van der Waals surface area contributed by atoms with Crippen molar-refractivity contribution < 1.29 is 13.2 Å². The molecular formula is C31H40N4O4S. The second kappa shape index (κ2) is 13.4. The van der Waals surface area contributed by atoms with Crippen molar-refractivity contribution in [1.29, 1.82) is 0 Å². The molecule has 0 aliphatic carbocycles. The van der Waals surface area contributed by atoms with Crippen LogP contribution in [0.1, 0.15) is 55.5 Å². The first-order chi connectivity index (χ1) is 19.2. The molecule has 0 saturated carbocycles. The number of allylic oxidation sites excluding steroid dienone is 1. The molecular weight excluding hydrogens is 524 g/mol. The molecule has 8 nitrogen and oxygen atoms in total. The highest BCUT2D eigenvalue weighted by Crippen LogP contribution is 2.23. The Morgan fingerprint density at radius 3 is 2.42 bits per heavy atom. The van der Waals surface area contributed by atoms with Crippen molar-refractivity contribution in [1.82, 2.24) is 19.1 Å². The zero-order valence-electron chi connectivity index (χ0n) is 23.5. The summed E-state index contributed by atoms with van der Waals surface area (Å²) in [5, 5.41) is 3.11. The Morgan fingerprint density at radius 2 is 1.77 bits per heavy atom. The fourth-order valence-electron chi connectivity index (χ4n) is 5.17. The minimum absolute atomic E-state index is 0.0159. The van der Waals surface area contributed by atoms with Crippen molar-refractivity contribution in [3.63, 3.8) is 0 Å². The molecule has 1 fully saturated rings. The van der Waals surface area contributed by atoms with Crippen molar-refractivity contribution in [2.75, 3.05) is 26.2 Å². The highest BCUT2D eigenvalue weighted by molar-refractivity contribution is 7.89. The summed E-state index contributed by atoms with van der Waals surface area (Å²) in [6.45, 7) is 11.1. The van der Waals surface area contributed by atoms with Crippen LogP contribution in [-0.4, -0.2) is 60.3 Å². The molecule has 0 atom stereocenters. The van der Waals surface area contributed by atoms with Gasteiger partial charge < -0.3 is 9.88 Å². The van der Waals surface area contributed by atoms with Crippen LogP contribution in [0.5, 0.6) is 0 Å². The van der Waals surface area contributed by atoms with Crippen LogP contribution in [0.4, 0.5) is 0 Å². The molecule has 4 rings (SSSR count). The van der Waals surface area contributed by atoms with Gasteiger partial charge in [-0.25, -0.2) is 8.42 Å². The number of rotatable bonds is 11. The maximum atomic E-state index is 13.6. The van der Waals surface area contributed by atoms with Crippen LogP contribution in [0.3, 0.4) is 0 Å². The van der Waals surface area contributed by atoms with Gasteiger partial charge in [0.25, 0.3) is 5.91 Å². The molecule has 40 heavy (non-hydrogen) atoms. The summed E-state index contributed by atoms with van der Waals surface area (Å²) in [6, 6.07) is 15.0. The standard InChI is InChI=1S/C31H40N4O4S/c1-4-17-34-23-28(31(37)32-16-20-33(24(2)3)22-25-12-8-7-9-13-25)30(36)27-21-26(14-15-29(27)34)40(38,39)35-18-10-5-6-11-19-35/h4,7-9,12-15,21,23-24H,1,5-6,10-11,16-20,22H2,2-3H3,(H,32,37). The Labute approximate surface area is 237 Å². The number of aromatic nitrogens is 1. The van der Waals surface area contributed by atoms with E-state index in [1.54, 1.807) is 22.8 Å². The summed E-state index contributed by atoms with van der Waals surface area (Å²) in [7, 11) is -3.75. The van der Waals surface area contributed by atoms with E-state index in [0.717, 1.165) is 32.2 Å². The maximum absolute atomic E-state index is 13.6. The van der Waals surface area contributed by atoms with E-state index in [1.807, 2.05) is 18.2 Å². The molecule has 214 valence electrons. The second-order valence-electron chi connectivity index (χ2n) is 10.6. The summed E-state index contributed by atoms with van der Waals surface area (Å²) in [5.41, 5.74) is 1.25. The molecule has 1 N–H and O–H groups in total. The fourth-order valence-corrected chi connectivity index (χ4v) is 6.71. The lowest BCUT2D eigenvalue weighted by atomic mass is 10.1. The Balaban J connectivity index is 1.59. The number of nitrogens with one attached hydrogen (secondary N) is 1. The van der Waals surface area contributed by atoms with Gasteiger partial charge in [-0.05, 0) is 50.5 Å². The number of carbonyl (C=O) groups excluding carboxylic acids is 1. The van der Waals surface area contributed by atoms with Crippen LogP contribution in [0, 0.1) is 0 Å². The lowest BCUT2D eigenvalue weighted by Gasteiger charge is -2.26.